The van der Waals surface area contributed by atoms with Crippen LogP contribution in [0, 0.1) is 6.92 Å². The minimum Gasteiger partial charge on any atom is -0.495 e. The normalized spacial score (nSPS) is 22.0. The van der Waals surface area contributed by atoms with E-state index in [2.05, 4.69) is 15.6 Å². The Labute approximate surface area is 162 Å². The van der Waals surface area contributed by atoms with Crippen LogP contribution in [-0.4, -0.2) is 52.0 Å². The van der Waals surface area contributed by atoms with E-state index in [1.165, 1.54) is 0 Å². The number of alkyl halides is 1. The number of methoxy groups -OCH3 is 1. The number of pyridine rings is 1. The number of rotatable bonds is 5. The first-order valence-electron chi connectivity index (χ1n) is 9.66. The molecule has 0 radical (unpaired) electrons. The first-order valence-corrected chi connectivity index (χ1v) is 9.66. The number of aryl methyl sites for hydroxylation is 1. The predicted molar refractivity (Wildman–Crippen MR) is 105 cm³/mol. The average Bonchev–Trinajstić information content (AvgIpc) is 3.35. The zero-order chi connectivity index (χ0) is 19.3. The molecule has 28 heavy (non-hydrogen) atoms. The number of hydrogen-bond acceptors (Lipinski definition) is 6. The van der Waals surface area contributed by atoms with Gasteiger partial charge in [0.25, 0.3) is 0 Å². The molecular formula is C20H23FN6O. The lowest BCUT2D eigenvalue weighted by Crippen LogP contribution is -2.29. The Morgan fingerprint density at radius 1 is 1.29 bits per heavy atom. The van der Waals surface area contributed by atoms with Gasteiger partial charge in [0, 0.05) is 25.1 Å². The lowest BCUT2D eigenvalue weighted by molar-refractivity contribution is 0.342. The number of imidazole rings is 1. The van der Waals surface area contributed by atoms with Crippen molar-refractivity contribution >= 4 is 11.5 Å². The van der Waals surface area contributed by atoms with Gasteiger partial charge < -0.3 is 15.4 Å². The summed E-state index contributed by atoms with van der Waals surface area (Å²) in [6.07, 6.45) is 3.13. The summed E-state index contributed by atoms with van der Waals surface area (Å²) in [5, 5.41) is 11.1. The molecule has 2 atom stereocenters. The van der Waals surface area contributed by atoms with E-state index in [1.807, 2.05) is 29.6 Å². The van der Waals surface area contributed by atoms with E-state index in [0.29, 0.717) is 24.8 Å². The lowest BCUT2D eigenvalue weighted by atomic mass is 10.1. The molecule has 0 amide bonds. The van der Waals surface area contributed by atoms with Crippen molar-refractivity contribution in [3.63, 3.8) is 0 Å². The van der Waals surface area contributed by atoms with Crippen LogP contribution in [0.25, 0.3) is 17.0 Å². The Balaban J connectivity index is 1.55. The second-order valence-electron chi connectivity index (χ2n) is 7.57. The third-order valence-electron chi connectivity index (χ3n) is 5.48. The summed E-state index contributed by atoms with van der Waals surface area (Å²) >= 11 is 0. The number of hydrogen-bond donors (Lipinski definition) is 2. The summed E-state index contributed by atoms with van der Waals surface area (Å²) < 4.78 is 21.3. The summed E-state index contributed by atoms with van der Waals surface area (Å²) in [5.41, 5.74) is 4.32. The van der Waals surface area contributed by atoms with Crippen molar-refractivity contribution in [1.82, 2.24) is 24.9 Å². The number of halogens is 1. The Morgan fingerprint density at radius 2 is 2.14 bits per heavy atom. The Hall–Kier alpha value is -2.74. The molecule has 3 aromatic heterocycles. The van der Waals surface area contributed by atoms with E-state index in [0.717, 1.165) is 46.9 Å². The molecule has 8 heteroatoms. The smallest absolute Gasteiger partial charge is 0.157 e. The third kappa shape index (κ3) is 2.97. The van der Waals surface area contributed by atoms with Crippen LogP contribution in [0.4, 0.5) is 10.2 Å². The van der Waals surface area contributed by atoms with Crippen LogP contribution in [0.3, 0.4) is 0 Å². The Kier molecular flexibility index (Phi) is 4.16. The number of fused-ring (bicyclic) bond motifs is 1. The fraction of sp³-hybridized carbons (Fsp3) is 0.450. The first kappa shape index (κ1) is 17.4. The molecule has 1 saturated carbocycles. The molecule has 0 spiro atoms. The second-order valence-corrected chi connectivity index (χ2v) is 7.57. The zero-order valence-electron chi connectivity index (χ0n) is 15.9. The minimum absolute atomic E-state index is 0.269. The summed E-state index contributed by atoms with van der Waals surface area (Å²) in [6.45, 7) is 2.97. The van der Waals surface area contributed by atoms with Gasteiger partial charge in [-0.05, 0) is 31.4 Å². The molecule has 5 rings (SSSR count). The first-order chi connectivity index (χ1) is 13.6. The molecule has 0 aromatic carbocycles. The lowest BCUT2D eigenvalue weighted by Gasteiger charge is -2.16. The topological polar surface area (TPSA) is 76.4 Å². The molecule has 7 nitrogen and oxygen atoms in total. The van der Waals surface area contributed by atoms with Gasteiger partial charge in [-0.15, -0.1) is 0 Å². The maximum Gasteiger partial charge on any atom is 0.157 e. The van der Waals surface area contributed by atoms with E-state index >= 15 is 0 Å². The molecule has 2 aliphatic rings. The molecule has 0 bridgehead atoms. The van der Waals surface area contributed by atoms with Crippen molar-refractivity contribution in [2.24, 2.45) is 0 Å². The van der Waals surface area contributed by atoms with Crippen molar-refractivity contribution in [2.75, 3.05) is 25.5 Å². The quantitative estimate of drug-likeness (QED) is 0.707. The number of anilines is 1. The molecule has 1 saturated heterocycles. The standard InChI is InChI=1S/C20H23FN6O/c1-11-3-6-17(24-14-9-22-8-13(14)21)25-19(11)15-10-23-18-7-16(28-2)20(12-4-5-12)26-27(15)18/h3,6-7,10,12-14,22H,4-5,8-9H2,1-2H3,(H,24,25). The second kappa shape index (κ2) is 6.70. The van der Waals surface area contributed by atoms with Crippen molar-refractivity contribution in [3.05, 3.63) is 35.7 Å². The average molecular weight is 382 g/mol. The van der Waals surface area contributed by atoms with Crippen LogP contribution >= 0.6 is 0 Å². The number of aromatic nitrogens is 4. The molecule has 1 aliphatic heterocycles. The van der Waals surface area contributed by atoms with E-state index in [-0.39, 0.29) is 6.04 Å². The van der Waals surface area contributed by atoms with Gasteiger partial charge in [-0.1, -0.05) is 6.07 Å². The van der Waals surface area contributed by atoms with Crippen molar-refractivity contribution in [3.8, 4) is 17.1 Å². The highest BCUT2D eigenvalue weighted by atomic mass is 19.1. The van der Waals surface area contributed by atoms with Crippen LogP contribution in [0.2, 0.25) is 0 Å². The van der Waals surface area contributed by atoms with Gasteiger partial charge in [0.2, 0.25) is 0 Å². The molecule has 2 unspecified atom stereocenters. The maximum absolute atomic E-state index is 13.9. The van der Waals surface area contributed by atoms with Gasteiger partial charge in [0.15, 0.2) is 5.65 Å². The van der Waals surface area contributed by atoms with Crippen molar-refractivity contribution in [2.45, 2.75) is 37.9 Å². The van der Waals surface area contributed by atoms with Crippen molar-refractivity contribution in [1.29, 1.82) is 0 Å². The van der Waals surface area contributed by atoms with Crippen LogP contribution in [0.15, 0.2) is 24.4 Å². The van der Waals surface area contributed by atoms with Gasteiger partial charge in [0.05, 0.1) is 25.0 Å². The maximum atomic E-state index is 13.9. The van der Waals surface area contributed by atoms with Crippen LogP contribution in [0.1, 0.15) is 30.0 Å². The van der Waals surface area contributed by atoms with Crippen LogP contribution < -0.4 is 15.4 Å². The van der Waals surface area contributed by atoms with Crippen LogP contribution in [-0.2, 0) is 0 Å². The number of nitrogens with zero attached hydrogens (tertiary/aromatic N) is 4. The monoisotopic (exact) mass is 382 g/mol. The molecule has 146 valence electrons. The third-order valence-corrected chi connectivity index (χ3v) is 5.48. The molecular weight excluding hydrogens is 359 g/mol. The largest absolute Gasteiger partial charge is 0.495 e. The molecule has 1 aliphatic carbocycles. The van der Waals surface area contributed by atoms with E-state index in [9.17, 15) is 4.39 Å². The van der Waals surface area contributed by atoms with Crippen molar-refractivity contribution < 1.29 is 9.13 Å². The van der Waals surface area contributed by atoms with Gasteiger partial charge in [-0.2, -0.15) is 5.10 Å². The van der Waals surface area contributed by atoms with Gasteiger partial charge in [-0.25, -0.2) is 18.9 Å². The summed E-state index contributed by atoms with van der Waals surface area (Å²) in [7, 11) is 1.67. The highest BCUT2D eigenvalue weighted by Crippen LogP contribution is 2.43. The Morgan fingerprint density at radius 3 is 2.86 bits per heavy atom. The van der Waals surface area contributed by atoms with Gasteiger partial charge >= 0.3 is 0 Å². The number of nitrogens with one attached hydrogen (secondary N) is 2. The van der Waals surface area contributed by atoms with Gasteiger partial charge in [0.1, 0.15) is 29.1 Å². The molecule has 4 heterocycles. The number of ether oxygens (including phenoxy) is 1. The summed E-state index contributed by atoms with van der Waals surface area (Å²) in [6, 6.07) is 5.54. The SMILES string of the molecule is COc1cc2ncc(-c3nc(NC4CNCC4F)ccc3C)n2nc1C1CC1. The van der Waals surface area contributed by atoms with E-state index < -0.39 is 6.17 Å². The fourth-order valence-corrected chi connectivity index (χ4v) is 3.72. The summed E-state index contributed by atoms with van der Waals surface area (Å²) in [5.74, 6) is 1.89. The fourth-order valence-electron chi connectivity index (χ4n) is 3.72. The minimum atomic E-state index is -0.919. The van der Waals surface area contributed by atoms with Crippen LogP contribution in [0.5, 0.6) is 5.75 Å². The zero-order valence-corrected chi connectivity index (χ0v) is 15.9. The molecule has 2 fully saturated rings. The highest BCUT2D eigenvalue weighted by molar-refractivity contribution is 5.65. The molecule has 3 aromatic rings. The highest BCUT2D eigenvalue weighted by Gasteiger charge is 2.30. The van der Waals surface area contributed by atoms with Gasteiger partial charge in [-0.3, -0.25) is 0 Å². The predicted octanol–water partition coefficient (Wildman–Crippen LogP) is 2.71. The Bertz CT molecular complexity index is 1030. The molecule has 2 N–H and O–H groups in total. The van der Waals surface area contributed by atoms with E-state index in [4.69, 9.17) is 14.8 Å². The van der Waals surface area contributed by atoms with E-state index in [1.54, 1.807) is 13.3 Å². The summed E-state index contributed by atoms with van der Waals surface area (Å²) in [4.78, 5) is 9.26.